The third-order valence-electron chi connectivity index (χ3n) is 5.16. The molecule has 4 aromatic rings. The number of aromatic nitrogens is 3. The zero-order chi connectivity index (χ0) is 21.3. The van der Waals surface area contributed by atoms with Gasteiger partial charge in [0, 0.05) is 30.6 Å². The molecule has 2 aromatic carbocycles. The van der Waals surface area contributed by atoms with Crippen LogP contribution in [0.4, 0.5) is 0 Å². The van der Waals surface area contributed by atoms with Crippen LogP contribution >= 0.6 is 11.6 Å². The number of hydrogen-bond acceptors (Lipinski definition) is 3. The van der Waals surface area contributed by atoms with E-state index in [0.717, 1.165) is 29.7 Å². The van der Waals surface area contributed by atoms with Crippen molar-refractivity contribution in [1.29, 1.82) is 0 Å². The summed E-state index contributed by atoms with van der Waals surface area (Å²) in [5, 5.41) is 3.70. The Morgan fingerprint density at radius 1 is 1.20 bits per heavy atom. The summed E-state index contributed by atoms with van der Waals surface area (Å²) in [6.45, 7) is 4.72. The average Bonchev–Trinajstić information content (AvgIpc) is 3.10. The number of hydrogen-bond donors (Lipinski definition) is 2. The molecule has 4 rings (SSSR count). The molecule has 0 fully saturated rings. The van der Waals surface area contributed by atoms with Gasteiger partial charge >= 0.3 is 0 Å². The predicted octanol–water partition coefficient (Wildman–Crippen LogP) is 4.47. The van der Waals surface area contributed by atoms with Crippen molar-refractivity contribution in [2.75, 3.05) is 6.54 Å². The molecule has 30 heavy (non-hydrogen) atoms. The summed E-state index contributed by atoms with van der Waals surface area (Å²) in [4.78, 5) is 32.9. The van der Waals surface area contributed by atoms with Crippen molar-refractivity contribution in [3.8, 4) is 0 Å². The third kappa shape index (κ3) is 3.71. The zero-order valence-corrected chi connectivity index (χ0v) is 17.7. The average molecular weight is 423 g/mol. The molecule has 0 aliphatic rings. The van der Waals surface area contributed by atoms with Gasteiger partial charge in [0.25, 0.3) is 5.91 Å². The summed E-state index contributed by atoms with van der Waals surface area (Å²) < 4.78 is 2.23. The van der Waals surface area contributed by atoms with Crippen molar-refractivity contribution in [1.82, 2.24) is 19.9 Å². The maximum atomic E-state index is 12.6. The van der Waals surface area contributed by atoms with Crippen molar-refractivity contribution >= 4 is 39.4 Å². The van der Waals surface area contributed by atoms with Gasteiger partial charge in [0.15, 0.2) is 0 Å². The molecule has 0 bridgehead atoms. The van der Waals surface area contributed by atoms with E-state index >= 15 is 0 Å². The molecular weight excluding hydrogens is 400 g/mol. The topological polar surface area (TPSA) is 79.8 Å². The van der Waals surface area contributed by atoms with E-state index in [1.165, 1.54) is 6.20 Å². The Kier molecular flexibility index (Phi) is 5.59. The van der Waals surface area contributed by atoms with Crippen molar-refractivity contribution < 1.29 is 4.79 Å². The van der Waals surface area contributed by atoms with Gasteiger partial charge in [-0.05, 0) is 44.5 Å². The van der Waals surface area contributed by atoms with Gasteiger partial charge in [0.1, 0.15) is 11.4 Å². The number of H-pyrrole nitrogens is 1. The quantitative estimate of drug-likeness (QED) is 0.450. The Morgan fingerprint density at radius 2 is 2.00 bits per heavy atom. The van der Waals surface area contributed by atoms with E-state index in [2.05, 4.69) is 34.8 Å². The number of pyridine rings is 1. The van der Waals surface area contributed by atoms with Crippen LogP contribution in [0, 0.1) is 0 Å². The van der Waals surface area contributed by atoms with Crippen LogP contribution in [0.15, 0.2) is 53.5 Å². The van der Waals surface area contributed by atoms with Gasteiger partial charge in [-0.1, -0.05) is 29.8 Å². The van der Waals surface area contributed by atoms with E-state index < -0.39 is 5.91 Å². The van der Waals surface area contributed by atoms with Crippen LogP contribution in [0.2, 0.25) is 5.02 Å². The van der Waals surface area contributed by atoms with Crippen LogP contribution in [0.5, 0.6) is 0 Å². The van der Waals surface area contributed by atoms with Gasteiger partial charge in [-0.15, -0.1) is 0 Å². The molecule has 7 heteroatoms. The van der Waals surface area contributed by atoms with Gasteiger partial charge < -0.3 is 14.9 Å². The molecule has 2 heterocycles. The van der Waals surface area contributed by atoms with E-state index in [-0.39, 0.29) is 11.0 Å². The smallest absolute Gasteiger partial charge is 0.256 e. The van der Waals surface area contributed by atoms with Gasteiger partial charge in [-0.25, -0.2) is 4.98 Å². The molecule has 0 saturated carbocycles. The van der Waals surface area contributed by atoms with Gasteiger partial charge in [-0.3, -0.25) is 9.59 Å². The highest BCUT2D eigenvalue weighted by Gasteiger charge is 2.15. The Labute approximate surface area is 178 Å². The first kappa shape index (κ1) is 20.2. The van der Waals surface area contributed by atoms with E-state index in [4.69, 9.17) is 16.6 Å². The SMILES string of the molecule is CC(C)n1c(CCCNC(=O)c2c[nH]c3c(Cl)cccc3c2=O)nc2ccccc21. The van der Waals surface area contributed by atoms with E-state index in [0.29, 0.717) is 28.5 Å². The number of amides is 1. The lowest BCUT2D eigenvalue weighted by molar-refractivity contribution is 0.0952. The van der Waals surface area contributed by atoms with Gasteiger partial charge in [0.2, 0.25) is 5.43 Å². The largest absolute Gasteiger partial charge is 0.359 e. The van der Waals surface area contributed by atoms with Crippen molar-refractivity contribution in [2.45, 2.75) is 32.7 Å². The number of carbonyl (C=O) groups is 1. The third-order valence-corrected chi connectivity index (χ3v) is 5.47. The molecular formula is C23H23ClN4O2. The molecule has 0 saturated heterocycles. The van der Waals surface area contributed by atoms with E-state index in [1.54, 1.807) is 18.2 Å². The highest BCUT2D eigenvalue weighted by molar-refractivity contribution is 6.35. The minimum Gasteiger partial charge on any atom is -0.359 e. The first-order valence-corrected chi connectivity index (χ1v) is 10.4. The maximum absolute atomic E-state index is 12.6. The van der Waals surface area contributed by atoms with Crippen molar-refractivity contribution in [3.63, 3.8) is 0 Å². The number of nitrogens with zero attached hydrogens (tertiary/aromatic N) is 2. The van der Waals surface area contributed by atoms with Crippen LogP contribution in [-0.4, -0.2) is 27.0 Å². The molecule has 154 valence electrons. The summed E-state index contributed by atoms with van der Waals surface area (Å²) in [6, 6.07) is 13.4. The number of para-hydroxylation sites is 3. The van der Waals surface area contributed by atoms with E-state index in [9.17, 15) is 9.59 Å². The minimum absolute atomic E-state index is 0.0826. The Hall–Kier alpha value is -3.12. The summed E-state index contributed by atoms with van der Waals surface area (Å²) in [5.74, 6) is 0.606. The predicted molar refractivity (Wildman–Crippen MR) is 120 cm³/mol. The second-order valence-electron chi connectivity index (χ2n) is 7.53. The lowest BCUT2D eigenvalue weighted by Gasteiger charge is -2.13. The Balaban J connectivity index is 1.44. The molecule has 0 radical (unpaired) electrons. The van der Waals surface area contributed by atoms with Crippen LogP contribution in [-0.2, 0) is 6.42 Å². The fourth-order valence-electron chi connectivity index (χ4n) is 3.77. The molecule has 2 aromatic heterocycles. The number of nitrogens with one attached hydrogen (secondary N) is 2. The molecule has 0 aliphatic carbocycles. The second kappa shape index (κ2) is 8.32. The van der Waals surface area contributed by atoms with E-state index in [1.807, 2.05) is 18.2 Å². The number of imidazole rings is 1. The van der Waals surface area contributed by atoms with Crippen molar-refractivity contribution in [3.05, 3.63) is 75.3 Å². The summed E-state index contributed by atoms with van der Waals surface area (Å²) >= 11 is 6.11. The van der Waals surface area contributed by atoms with Gasteiger partial charge in [-0.2, -0.15) is 0 Å². The summed E-state index contributed by atoms with van der Waals surface area (Å²) in [5.41, 5.74) is 2.39. The lowest BCUT2D eigenvalue weighted by Crippen LogP contribution is -2.30. The maximum Gasteiger partial charge on any atom is 0.256 e. The van der Waals surface area contributed by atoms with Crippen LogP contribution in [0.25, 0.3) is 21.9 Å². The highest BCUT2D eigenvalue weighted by Crippen LogP contribution is 2.22. The number of aromatic amines is 1. The van der Waals surface area contributed by atoms with Crippen LogP contribution < -0.4 is 10.7 Å². The summed E-state index contributed by atoms with van der Waals surface area (Å²) in [6.07, 6.45) is 2.87. The van der Waals surface area contributed by atoms with Gasteiger partial charge in [0.05, 0.1) is 21.6 Å². The minimum atomic E-state index is -0.393. The first-order valence-electron chi connectivity index (χ1n) is 10.0. The number of fused-ring (bicyclic) bond motifs is 2. The summed E-state index contributed by atoms with van der Waals surface area (Å²) in [7, 11) is 0. The first-order chi connectivity index (χ1) is 14.5. The second-order valence-corrected chi connectivity index (χ2v) is 7.94. The Morgan fingerprint density at radius 3 is 2.80 bits per heavy atom. The molecule has 2 N–H and O–H groups in total. The monoisotopic (exact) mass is 422 g/mol. The number of halogens is 1. The molecule has 1 amide bonds. The molecule has 0 spiro atoms. The number of aryl methyl sites for hydroxylation is 1. The highest BCUT2D eigenvalue weighted by atomic mass is 35.5. The van der Waals surface area contributed by atoms with Crippen LogP contribution in [0.1, 0.15) is 42.5 Å². The normalized spacial score (nSPS) is 11.5. The molecule has 6 nitrogen and oxygen atoms in total. The molecule has 0 aliphatic heterocycles. The standard InChI is InChI=1S/C23H23ClN4O2/c1-14(2)28-19-10-4-3-9-18(19)27-20(28)11-6-12-25-23(30)16-13-26-21-15(22(16)29)7-5-8-17(21)24/h3-5,7-10,13-14H,6,11-12H2,1-2H3,(H,25,30)(H,26,29). The van der Waals surface area contributed by atoms with Crippen molar-refractivity contribution in [2.24, 2.45) is 0 Å². The van der Waals surface area contributed by atoms with Crippen LogP contribution in [0.3, 0.4) is 0 Å². The number of benzene rings is 2. The number of rotatable bonds is 6. The fourth-order valence-corrected chi connectivity index (χ4v) is 4.00. The number of carbonyl (C=O) groups excluding carboxylic acids is 1. The lowest BCUT2D eigenvalue weighted by atomic mass is 10.1. The molecule has 0 unspecified atom stereocenters. The fraction of sp³-hybridized carbons (Fsp3) is 0.261. The zero-order valence-electron chi connectivity index (χ0n) is 16.9. The molecule has 0 atom stereocenters. The Bertz CT molecular complexity index is 1290.